The highest BCUT2D eigenvalue weighted by atomic mass is 16.2. The van der Waals surface area contributed by atoms with E-state index < -0.39 is 23.3 Å². The lowest BCUT2D eigenvalue weighted by atomic mass is 9.81. The molecule has 27 heavy (non-hydrogen) atoms. The number of nitrogens with two attached hydrogens (primary N) is 1. The van der Waals surface area contributed by atoms with Crippen LogP contribution in [0.4, 0.5) is 0 Å². The standard InChI is InChI=1S/C19H32N4O4/c1-19(2)11-12(24)10-13(19)16(25)22-15(6-3-4-8-20)18(27)23-17(26)14-7-5-9-21-14/h13-15,21H,3-11,20H2,1-2H3,(H,22,25)(H,23,26,27)/t13?,14-,15-/m0/s1. The van der Waals surface area contributed by atoms with E-state index in [2.05, 4.69) is 16.0 Å². The van der Waals surface area contributed by atoms with Gasteiger partial charge in [-0.1, -0.05) is 13.8 Å². The Labute approximate surface area is 160 Å². The molecule has 0 spiro atoms. The maximum Gasteiger partial charge on any atom is 0.249 e. The summed E-state index contributed by atoms with van der Waals surface area (Å²) in [5.41, 5.74) is 5.09. The number of hydrogen-bond acceptors (Lipinski definition) is 6. The highest BCUT2D eigenvalue weighted by Crippen LogP contribution is 2.40. The van der Waals surface area contributed by atoms with Crippen LogP contribution >= 0.6 is 0 Å². The van der Waals surface area contributed by atoms with Crippen LogP contribution in [-0.2, 0) is 19.2 Å². The predicted molar refractivity (Wildman–Crippen MR) is 101 cm³/mol. The van der Waals surface area contributed by atoms with Gasteiger partial charge in [0.2, 0.25) is 17.7 Å². The van der Waals surface area contributed by atoms with Crippen LogP contribution in [0.5, 0.6) is 0 Å². The number of imide groups is 1. The molecule has 0 bridgehead atoms. The van der Waals surface area contributed by atoms with E-state index in [-0.39, 0.29) is 30.1 Å². The number of Topliss-reactive ketones (excluding diaryl/α,β-unsaturated/α-hetero) is 1. The molecule has 1 unspecified atom stereocenters. The van der Waals surface area contributed by atoms with E-state index in [0.717, 1.165) is 19.4 Å². The summed E-state index contributed by atoms with van der Waals surface area (Å²) in [7, 11) is 0. The van der Waals surface area contributed by atoms with Gasteiger partial charge in [0, 0.05) is 12.8 Å². The summed E-state index contributed by atoms with van der Waals surface area (Å²) < 4.78 is 0. The zero-order valence-corrected chi connectivity index (χ0v) is 16.3. The van der Waals surface area contributed by atoms with E-state index >= 15 is 0 Å². The lowest BCUT2D eigenvalue weighted by Crippen LogP contribution is -2.53. The van der Waals surface area contributed by atoms with Crippen LogP contribution in [0.25, 0.3) is 0 Å². The van der Waals surface area contributed by atoms with Gasteiger partial charge < -0.3 is 16.4 Å². The molecule has 152 valence electrons. The van der Waals surface area contributed by atoms with Crippen LogP contribution < -0.4 is 21.7 Å². The van der Waals surface area contributed by atoms with Gasteiger partial charge >= 0.3 is 0 Å². The van der Waals surface area contributed by atoms with Crippen molar-refractivity contribution in [1.82, 2.24) is 16.0 Å². The van der Waals surface area contributed by atoms with Gasteiger partial charge in [0.25, 0.3) is 0 Å². The summed E-state index contributed by atoms with van der Waals surface area (Å²) in [4.78, 5) is 49.3. The van der Waals surface area contributed by atoms with E-state index in [1.165, 1.54) is 0 Å². The number of nitrogens with one attached hydrogen (secondary N) is 3. The molecule has 1 saturated heterocycles. The van der Waals surface area contributed by atoms with Crippen LogP contribution in [-0.4, -0.2) is 48.7 Å². The summed E-state index contributed by atoms with van der Waals surface area (Å²) in [5, 5.41) is 8.24. The van der Waals surface area contributed by atoms with Gasteiger partial charge in [0.15, 0.2) is 0 Å². The van der Waals surface area contributed by atoms with Crippen molar-refractivity contribution in [3.05, 3.63) is 0 Å². The number of ketones is 1. The average Bonchev–Trinajstić information content (AvgIpc) is 3.21. The number of rotatable bonds is 8. The second kappa shape index (κ2) is 9.41. The van der Waals surface area contributed by atoms with E-state index in [9.17, 15) is 19.2 Å². The van der Waals surface area contributed by atoms with Crippen molar-refractivity contribution >= 4 is 23.5 Å². The molecule has 3 amide bonds. The SMILES string of the molecule is CC1(C)CC(=O)CC1C(=O)N[C@@H](CCCCN)C(=O)NC(=O)[C@@H]1CCCN1. The molecule has 8 heteroatoms. The maximum absolute atomic E-state index is 12.7. The fourth-order valence-corrected chi connectivity index (χ4v) is 3.89. The molecular weight excluding hydrogens is 348 g/mol. The van der Waals surface area contributed by atoms with Gasteiger partial charge in [0.05, 0.1) is 12.0 Å². The van der Waals surface area contributed by atoms with Crippen LogP contribution in [0.15, 0.2) is 0 Å². The molecule has 0 radical (unpaired) electrons. The molecule has 0 aromatic rings. The van der Waals surface area contributed by atoms with Crippen molar-refractivity contribution in [2.45, 2.75) is 70.9 Å². The van der Waals surface area contributed by atoms with Gasteiger partial charge in [-0.15, -0.1) is 0 Å². The van der Waals surface area contributed by atoms with Crippen molar-refractivity contribution in [3.8, 4) is 0 Å². The van der Waals surface area contributed by atoms with E-state index in [4.69, 9.17) is 5.73 Å². The normalized spacial score (nSPS) is 25.2. The van der Waals surface area contributed by atoms with Crippen molar-refractivity contribution in [2.24, 2.45) is 17.1 Å². The molecule has 2 rings (SSSR count). The number of unbranched alkanes of at least 4 members (excludes halogenated alkanes) is 1. The van der Waals surface area contributed by atoms with Gasteiger partial charge in [-0.3, -0.25) is 24.5 Å². The highest BCUT2D eigenvalue weighted by molar-refractivity contribution is 6.01. The number of carbonyl (C=O) groups excluding carboxylic acids is 4. The molecule has 1 saturated carbocycles. The summed E-state index contributed by atoms with van der Waals surface area (Å²) in [6, 6.07) is -1.17. The van der Waals surface area contributed by atoms with Crippen LogP contribution in [0, 0.1) is 11.3 Å². The van der Waals surface area contributed by atoms with Crippen molar-refractivity contribution in [2.75, 3.05) is 13.1 Å². The van der Waals surface area contributed by atoms with E-state index in [0.29, 0.717) is 32.2 Å². The molecule has 0 aromatic carbocycles. The molecular formula is C19H32N4O4. The Morgan fingerprint density at radius 2 is 2.00 bits per heavy atom. The number of hydrogen-bond donors (Lipinski definition) is 4. The minimum atomic E-state index is -0.805. The largest absolute Gasteiger partial charge is 0.344 e. The highest BCUT2D eigenvalue weighted by Gasteiger charge is 2.44. The molecule has 3 atom stereocenters. The molecule has 2 fully saturated rings. The monoisotopic (exact) mass is 380 g/mol. The Morgan fingerprint density at radius 3 is 2.56 bits per heavy atom. The Morgan fingerprint density at radius 1 is 1.26 bits per heavy atom. The second-order valence-corrected chi connectivity index (χ2v) is 8.31. The van der Waals surface area contributed by atoms with E-state index in [1.54, 1.807) is 0 Å². The van der Waals surface area contributed by atoms with Crippen LogP contribution in [0.3, 0.4) is 0 Å². The fraction of sp³-hybridized carbons (Fsp3) is 0.789. The van der Waals surface area contributed by atoms with Crippen molar-refractivity contribution in [1.29, 1.82) is 0 Å². The summed E-state index contributed by atoms with van der Waals surface area (Å²) in [6.07, 6.45) is 3.95. The lowest BCUT2D eigenvalue weighted by molar-refractivity contribution is -0.136. The van der Waals surface area contributed by atoms with Crippen LogP contribution in [0.2, 0.25) is 0 Å². The molecule has 1 aliphatic carbocycles. The number of amides is 3. The van der Waals surface area contributed by atoms with Crippen molar-refractivity contribution < 1.29 is 19.2 Å². The Bertz CT molecular complexity index is 584. The number of carbonyl (C=O) groups is 4. The predicted octanol–water partition coefficient (Wildman–Crippen LogP) is 0.000300. The topological polar surface area (TPSA) is 130 Å². The van der Waals surface area contributed by atoms with Crippen LogP contribution in [0.1, 0.15) is 58.8 Å². The minimum Gasteiger partial charge on any atom is -0.344 e. The molecule has 0 aromatic heterocycles. The lowest BCUT2D eigenvalue weighted by Gasteiger charge is -2.27. The zero-order chi connectivity index (χ0) is 20.0. The first kappa shape index (κ1) is 21.5. The Kier molecular flexibility index (Phi) is 7.49. The molecule has 5 N–H and O–H groups in total. The summed E-state index contributed by atoms with van der Waals surface area (Å²) in [6.45, 7) is 5.03. The van der Waals surface area contributed by atoms with Gasteiger partial charge in [0.1, 0.15) is 11.8 Å². The fourth-order valence-electron chi connectivity index (χ4n) is 3.89. The first-order valence-electron chi connectivity index (χ1n) is 9.85. The third-order valence-electron chi connectivity index (χ3n) is 5.55. The molecule has 1 aliphatic heterocycles. The Balaban J connectivity index is 1.99. The summed E-state index contributed by atoms with van der Waals surface area (Å²) in [5.74, 6) is -1.55. The first-order valence-corrected chi connectivity index (χ1v) is 9.85. The van der Waals surface area contributed by atoms with Crippen molar-refractivity contribution in [3.63, 3.8) is 0 Å². The maximum atomic E-state index is 12.7. The molecule has 2 aliphatic rings. The van der Waals surface area contributed by atoms with Gasteiger partial charge in [-0.25, -0.2) is 0 Å². The quantitative estimate of drug-likeness (QED) is 0.439. The van der Waals surface area contributed by atoms with Gasteiger partial charge in [-0.2, -0.15) is 0 Å². The smallest absolute Gasteiger partial charge is 0.249 e. The third kappa shape index (κ3) is 5.84. The van der Waals surface area contributed by atoms with E-state index in [1.807, 2.05) is 13.8 Å². The minimum absolute atomic E-state index is 0.0618. The first-order chi connectivity index (χ1) is 12.7. The molecule has 8 nitrogen and oxygen atoms in total. The summed E-state index contributed by atoms with van der Waals surface area (Å²) >= 11 is 0. The zero-order valence-electron chi connectivity index (χ0n) is 16.3. The third-order valence-corrected chi connectivity index (χ3v) is 5.55. The second-order valence-electron chi connectivity index (χ2n) is 8.31. The van der Waals surface area contributed by atoms with Gasteiger partial charge in [-0.05, 0) is 50.6 Å². The Hall–Kier alpha value is -1.80. The molecule has 1 heterocycles. The average molecular weight is 380 g/mol.